The fourth-order valence-corrected chi connectivity index (χ4v) is 3.85. The highest BCUT2D eigenvalue weighted by Gasteiger charge is 2.17. The molecule has 0 unspecified atom stereocenters. The number of hydrogen-bond donors (Lipinski definition) is 0. The van der Waals surface area contributed by atoms with E-state index in [0.29, 0.717) is 26.4 Å². The van der Waals surface area contributed by atoms with Crippen LogP contribution in [0.15, 0.2) is 30.5 Å². The molecule has 20 heavy (non-hydrogen) atoms. The number of aryl methyl sites for hydroxylation is 1. The van der Waals surface area contributed by atoms with E-state index in [4.69, 9.17) is 19.9 Å². The molecule has 0 aliphatic rings. The number of benzene rings is 1. The van der Waals surface area contributed by atoms with Gasteiger partial charge in [-0.05, 0) is 44.0 Å². The van der Waals surface area contributed by atoms with E-state index < -0.39 is 9.05 Å². The van der Waals surface area contributed by atoms with Gasteiger partial charge in [-0.25, -0.2) is 8.42 Å². The van der Waals surface area contributed by atoms with Gasteiger partial charge in [-0.2, -0.15) is 4.98 Å². The lowest BCUT2D eigenvalue weighted by Gasteiger charge is -2.09. The summed E-state index contributed by atoms with van der Waals surface area (Å²) in [6.07, 6.45) is 0. The molecule has 0 atom stereocenters. The van der Waals surface area contributed by atoms with Crippen molar-refractivity contribution >= 4 is 51.6 Å². The molecule has 0 spiro atoms. The molecule has 2 rings (SSSR count). The first-order chi connectivity index (χ1) is 9.27. The molecule has 0 radical (unpaired) electrons. The van der Waals surface area contributed by atoms with Crippen LogP contribution >= 0.6 is 42.5 Å². The van der Waals surface area contributed by atoms with Gasteiger partial charge in [-0.3, -0.25) is 0 Å². The summed E-state index contributed by atoms with van der Waals surface area (Å²) in [4.78, 5) is 3.95. The number of ether oxygens (including phenoxy) is 1. The van der Waals surface area contributed by atoms with Crippen molar-refractivity contribution < 1.29 is 17.7 Å². The van der Waals surface area contributed by atoms with E-state index in [9.17, 15) is 8.42 Å². The average Bonchev–Trinajstić information content (AvgIpc) is 2.72. The van der Waals surface area contributed by atoms with E-state index in [1.165, 1.54) is 12.1 Å². The smallest absolute Gasteiger partial charge is 0.261 e. The minimum Gasteiger partial charge on any atom is -0.483 e. The van der Waals surface area contributed by atoms with Gasteiger partial charge in [0.25, 0.3) is 9.05 Å². The van der Waals surface area contributed by atoms with Crippen LogP contribution in [-0.4, -0.2) is 18.6 Å². The van der Waals surface area contributed by atoms with Gasteiger partial charge in [0.05, 0.1) is 13.8 Å². The molecule has 0 N–H and O–H groups in total. The van der Waals surface area contributed by atoms with Crippen molar-refractivity contribution in [2.75, 3.05) is 0 Å². The third-order valence-corrected chi connectivity index (χ3v) is 4.68. The number of aromatic nitrogens is 2. The van der Waals surface area contributed by atoms with E-state index in [1.54, 1.807) is 6.92 Å². The highest BCUT2D eigenvalue weighted by atomic mass is 79.9. The molecule has 0 saturated heterocycles. The zero-order valence-electron chi connectivity index (χ0n) is 9.93. The number of hydrogen-bond acceptors (Lipinski definition) is 6. The molecule has 1 aromatic carbocycles. The van der Waals surface area contributed by atoms with Gasteiger partial charge in [-0.1, -0.05) is 5.16 Å². The topological polar surface area (TPSA) is 82.3 Å². The van der Waals surface area contributed by atoms with Crippen LogP contribution in [0.3, 0.4) is 0 Å². The van der Waals surface area contributed by atoms with E-state index in [0.717, 1.165) is 0 Å². The summed E-state index contributed by atoms with van der Waals surface area (Å²) >= 11 is 6.45. The van der Waals surface area contributed by atoms with Gasteiger partial charge >= 0.3 is 0 Å². The second kappa shape index (κ2) is 6.00. The monoisotopic (exact) mass is 444 g/mol. The average molecular weight is 447 g/mol. The highest BCUT2D eigenvalue weighted by molar-refractivity contribution is 9.11. The molecule has 0 saturated carbocycles. The van der Waals surface area contributed by atoms with Crippen LogP contribution < -0.4 is 4.74 Å². The molecular weight excluding hydrogens is 439 g/mol. The summed E-state index contributed by atoms with van der Waals surface area (Å²) < 4.78 is 33.8. The molecule has 108 valence electrons. The van der Waals surface area contributed by atoms with Crippen molar-refractivity contribution in [2.45, 2.75) is 18.4 Å². The van der Waals surface area contributed by atoms with Gasteiger partial charge in [0.2, 0.25) is 11.7 Å². The van der Waals surface area contributed by atoms with Crippen LogP contribution in [0.1, 0.15) is 11.7 Å². The van der Waals surface area contributed by atoms with Crippen molar-refractivity contribution in [2.24, 2.45) is 0 Å². The summed E-state index contributed by atoms with van der Waals surface area (Å²) in [5.74, 6) is 1.23. The minimum atomic E-state index is -3.81. The Kier molecular flexibility index (Phi) is 4.73. The Balaban J connectivity index is 2.25. The lowest BCUT2D eigenvalue weighted by Crippen LogP contribution is -2.00. The molecule has 0 bridgehead atoms. The maximum absolute atomic E-state index is 11.3. The first kappa shape index (κ1) is 15.7. The molecule has 6 nitrogen and oxygen atoms in total. The Morgan fingerprint density at radius 2 is 1.95 bits per heavy atom. The summed E-state index contributed by atoms with van der Waals surface area (Å²) in [7, 11) is 1.48. The number of halogens is 3. The number of nitrogens with zero attached hydrogens (tertiary/aromatic N) is 2. The van der Waals surface area contributed by atoms with Crippen LogP contribution in [0.2, 0.25) is 0 Å². The predicted octanol–water partition coefficient (Wildman–Crippen LogP) is 3.41. The Labute approximate surface area is 136 Å². The Morgan fingerprint density at radius 1 is 1.35 bits per heavy atom. The van der Waals surface area contributed by atoms with E-state index in [1.807, 2.05) is 0 Å². The lowest BCUT2D eigenvalue weighted by atomic mass is 10.3. The minimum absolute atomic E-state index is 0.0410. The Bertz CT molecular complexity index is 724. The van der Waals surface area contributed by atoms with E-state index >= 15 is 0 Å². The maximum atomic E-state index is 11.3. The lowest BCUT2D eigenvalue weighted by molar-refractivity contribution is 0.282. The molecule has 0 amide bonds. The fourth-order valence-electron chi connectivity index (χ4n) is 1.35. The number of rotatable bonds is 4. The van der Waals surface area contributed by atoms with Crippen molar-refractivity contribution in [3.05, 3.63) is 32.8 Å². The normalized spacial score (nSPS) is 11.6. The first-order valence-electron chi connectivity index (χ1n) is 5.13. The summed E-state index contributed by atoms with van der Waals surface area (Å²) in [6.45, 7) is 1.75. The van der Waals surface area contributed by atoms with Crippen LogP contribution in [0.25, 0.3) is 0 Å². The zero-order valence-corrected chi connectivity index (χ0v) is 14.7. The third kappa shape index (κ3) is 3.72. The van der Waals surface area contributed by atoms with Gasteiger partial charge in [0.1, 0.15) is 5.75 Å². The molecule has 1 heterocycles. The standard InChI is InChI=1S/C10H7Br2ClN2O4S/c1-5-14-9(15-19-5)4-18-10-7(11)2-6(3-8(10)12)20(13,16)17/h2-3H,4H2,1H3. The molecule has 1 aromatic heterocycles. The summed E-state index contributed by atoms with van der Waals surface area (Å²) in [5.41, 5.74) is 0. The molecule has 0 fully saturated rings. The summed E-state index contributed by atoms with van der Waals surface area (Å²) in [6, 6.07) is 2.70. The zero-order chi connectivity index (χ0) is 14.9. The quantitative estimate of drug-likeness (QED) is 0.670. The van der Waals surface area contributed by atoms with Crippen molar-refractivity contribution in [3.8, 4) is 5.75 Å². The second-order valence-electron chi connectivity index (χ2n) is 3.67. The second-order valence-corrected chi connectivity index (χ2v) is 7.95. The maximum Gasteiger partial charge on any atom is 0.261 e. The molecular formula is C10H7Br2ClN2O4S. The van der Waals surface area contributed by atoms with Crippen LogP contribution in [0, 0.1) is 6.92 Å². The predicted molar refractivity (Wildman–Crippen MR) is 78.2 cm³/mol. The van der Waals surface area contributed by atoms with Gasteiger partial charge < -0.3 is 9.26 Å². The van der Waals surface area contributed by atoms with Crippen molar-refractivity contribution in [1.29, 1.82) is 0 Å². The Morgan fingerprint density at radius 3 is 2.40 bits per heavy atom. The van der Waals surface area contributed by atoms with E-state index in [-0.39, 0.29) is 11.5 Å². The Hall–Kier alpha value is -0.640. The first-order valence-corrected chi connectivity index (χ1v) is 9.02. The van der Waals surface area contributed by atoms with Crippen molar-refractivity contribution in [1.82, 2.24) is 10.1 Å². The van der Waals surface area contributed by atoms with Crippen LogP contribution in [-0.2, 0) is 15.7 Å². The molecule has 0 aliphatic carbocycles. The van der Waals surface area contributed by atoms with Gasteiger partial charge in [-0.15, -0.1) is 0 Å². The SMILES string of the molecule is Cc1nc(COc2c(Br)cc(S(=O)(=O)Cl)cc2Br)no1. The van der Waals surface area contributed by atoms with Crippen LogP contribution in [0.4, 0.5) is 0 Å². The van der Waals surface area contributed by atoms with Crippen molar-refractivity contribution in [3.63, 3.8) is 0 Å². The van der Waals surface area contributed by atoms with Gasteiger partial charge in [0, 0.05) is 17.6 Å². The van der Waals surface area contributed by atoms with Gasteiger partial charge in [0.15, 0.2) is 6.61 Å². The van der Waals surface area contributed by atoms with Crippen LogP contribution in [0.5, 0.6) is 5.75 Å². The van der Waals surface area contributed by atoms with E-state index in [2.05, 4.69) is 42.0 Å². The largest absolute Gasteiger partial charge is 0.483 e. The molecule has 10 heteroatoms. The molecule has 2 aromatic rings. The fraction of sp³-hybridized carbons (Fsp3) is 0.200. The third-order valence-electron chi connectivity index (χ3n) is 2.17. The highest BCUT2D eigenvalue weighted by Crippen LogP contribution is 2.37. The summed E-state index contributed by atoms with van der Waals surface area (Å²) in [5, 5.41) is 3.69. The molecule has 0 aliphatic heterocycles.